The van der Waals surface area contributed by atoms with Crippen LogP contribution in [-0.2, 0) is 4.74 Å². The Hall–Kier alpha value is -1.55. The maximum atomic E-state index is 12.5. The van der Waals surface area contributed by atoms with Crippen LogP contribution in [0.4, 0.5) is 4.79 Å². The van der Waals surface area contributed by atoms with E-state index in [-0.39, 0.29) is 24.1 Å². The van der Waals surface area contributed by atoms with Crippen LogP contribution in [0.3, 0.4) is 0 Å². The molecular weight excluding hydrogens is 290 g/mol. The summed E-state index contributed by atoms with van der Waals surface area (Å²) in [4.78, 5) is 14.4. The molecule has 4 heteroatoms. The molecule has 0 aromatic heterocycles. The molecule has 23 heavy (non-hydrogen) atoms. The molecule has 1 amide bonds. The fourth-order valence-corrected chi connectivity index (χ4v) is 4.01. The molecule has 3 atom stereocenters. The Morgan fingerprint density at radius 2 is 1.74 bits per heavy atom. The molecule has 3 rings (SSSR count). The van der Waals surface area contributed by atoms with Crippen molar-refractivity contribution in [1.29, 1.82) is 0 Å². The zero-order valence-electron chi connectivity index (χ0n) is 14.2. The smallest absolute Gasteiger partial charge is 0.410 e. The normalized spacial score (nSPS) is 28.5. The quantitative estimate of drug-likeness (QED) is 0.900. The minimum atomic E-state index is -0.461. The molecule has 2 aliphatic heterocycles. The fraction of sp³-hybridized carbons (Fsp3) is 0.632. The summed E-state index contributed by atoms with van der Waals surface area (Å²) in [7, 11) is 0. The number of carbonyl (C=O) groups is 1. The summed E-state index contributed by atoms with van der Waals surface area (Å²) in [6.45, 7) is 5.70. The number of nitrogens with zero attached hydrogens (tertiary/aromatic N) is 1. The van der Waals surface area contributed by atoms with Gasteiger partial charge in [-0.1, -0.05) is 30.3 Å². The first-order chi connectivity index (χ1) is 10.8. The van der Waals surface area contributed by atoms with Crippen LogP contribution < -0.4 is 0 Å². The van der Waals surface area contributed by atoms with Gasteiger partial charge in [-0.15, -0.1) is 0 Å². The van der Waals surface area contributed by atoms with Gasteiger partial charge in [0.2, 0.25) is 0 Å². The first-order valence-corrected chi connectivity index (χ1v) is 8.59. The van der Waals surface area contributed by atoms with Gasteiger partial charge < -0.3 is 14.7 Å². The number of piperidine rings is 1. The van der Waals surface area contributed by atoms with E-state index in [1.54, 1.807) is 0 Å². The van der Waals surface area contributed by atoms with Gasteiger partial charge in [0.15, 0.2) is 0 Å². The Morgan fingerprint density at radius 1 is 1.17 bits per heavy atom. The molecule has 0 spiro atoms. The lowest BCUT2D eigenvalue weighted by Gasteiger charge is -2.41. The van der Waals surface area contributed by atoms with Crippen molar-refractivity contribution in [2.75, 3.05) is 0 Å². The number of aliphatic hydroxyl groups excluding tert-OH is 1. The summed E-state index contributed by atoms with van der Waals surface area (Å²) in [5, 5.41) is 10.7. The van der Waals surface area contributed by atoms with Gasteiger partial charge in [0, 0.05) is 12.1 Å². The summed E-state index contributed by atoms with van der Waals surface area (Å²) in [6.07, 6.45) is 3.10. The van der Waals surface area contributed by atoms with Crippen molar-refractivity contribution in [1.82, 2.24) is 4.90 Å². The molecule has 126 valence electrons. The van der Waals surface area contributed by atoms with Crippen molar-refractivity contribution >= 4 is 6.09 Å². The third-order valence-electron chi connectivity index (χ3n) is 4.96. The Morgan fingerprint density at radius 3 is 2.26 bits per heavy atom. The number of rotatable bonds is 2. The van der Waals surface area contributed by atoms with Crippen molar-refractivity contribution in [3.05, 3.63) is 35.9 Å². The molecule has 0 aliphatic carbocycles. The maximum Gasteiger partial charge on any atom is 0.410 e. The van der Waals surface area contributed by atoms with Gasteiger partial charge in [0.1, 0.15) is 5.60 Å². The number of hydrogen-bond donors (Lipinski definition) is 1. The van der Waals surface area contributed by atoms with E-state index >= 15 is 0 Å². The van der Waals surface area contributed by atoms with Gasteiger partial charge in [-0.3, -0.25) is 0 Å². The molecule has 4 nitrogen and oxygen atoms in total. The molecule has 1 aromatic carbocycles. The lowest BCUT2D eigenvalue weighted by Crippen LogP contribution is -2.49. The van der Waals surface area contributed by atoms with E-state index in [0.717, 1.165) is 31.2 Å². The van der Waals surface area contributed by atoms with E-state index in [2.05, 4.69) is 0 Å². The van der Waals surface area contributed by atoms with Gasteiger partial charge in [0.25, 0.3) is 0 Å². The lowest BCUT2D eigenvalue weighted by molar-refractivity contribution is -0.0133. The highest BCUT2D eigenvalue weighted by Crippen LogP contribution is 2.43. The summed E-state index contributed by atoms with van der Waals surface area (Å²) >= 11 is 0. The Kier molecular flexibility index (Phi) is 4.37. The largest absolute Gasteiger partial charge is 0.444 e. The molecule has 0 radical (unpaired) electrons. The third kappa shape index (κ3) is 3.52. The van der Waals surface area contributed by atoms with Crippen molar-refractivity contribution < 1.29 is 14.6 Å². The minimum Gasteiger partial charge on any atom is -0.444 e. The summed E-state index contributed by atoms with van der Waals surface area (Å²) in [5.74, 6) is 0.216. The molecule has 2 aliphatic rings. The van der Waals surface area contributed by atoms with Crippen molar-refractivity contribution in [3.8, 4) is 0 Å². The van der Waals surface area contributed by atoms with Crippen LogP contribution in [-0.4, -0.2) is 33.8 Å². The predicted octanol–water partition coefficient (Wildman–Crippen LogP) is 3.90. The molecule has 1 N–H and O–H groups in total. The van der Waals surface area contributed by atoms with Crippen LogP contribution in [0.1, 0.15) is 58.1 Å². The van der Waals surface area contributed by atoms with Gasteiger partial charge in [-0.25, -0.2) is 4.79 Å². The average molecular weight is 317 g/mol. The van der Waals surface area contributed by atoms with Gasteiger partial charge in [-0.05, 0) is 57.9 Å². The van der Waals surface area contributed by atoms with Crippen LogP contribution in [0.5, 0.6) is 0 Å². The second-order valence-corrected chi connectivity index (χ2v) is 7.86. The highest BCUT2D eigenvalue weighted by Gasteiger charge is 2.46. The number of aliphatic hydroxyl groups is 1. The lowest BCUT2D eigenvalue weighted by atomic mass is 9.84. The van der Waals surface area contributed by atoms with Crippen LogP contribution in [0.15, 0.2) is 30.3 Å². The first-order valence-electron chi connectivity index (χ1n) is 8.59. The second kappa shape index (κ2) is 6.16. The molecule has 2 fully saturated rings. The number of fused-ring (bicyclic) bond motifs is 2. The van der Waals surface area contributed by atoms with Crippen molar-refractivity contribution in [3.63, 3.8) is 0 Å². The Labute approximate surface area is 138 Å². The molecule has 0 saturated carbocycles. The van der Waals surface area contributed by atoms with Crippen LogP contribution >= 0.6 is 0 Å². The number of carbonyl (C=O) groups excluding carboxylic acids is 1. The van der Waals surface area contributed by atoms with E-state index in [4.69, 9.17) is 4.74 Å². The monoisotopic (exact) mass is 317 g/mol. The number of ether oxygens (including phenoxy) is 1. The molecule has 2 bridgehead atoms. The fourth-order valence-electron chi connectivity index (χ4n) is 4.01. The zero-order chi connectivity index (χ0) is 16.6. The molecule has 3 unspecified atom stereocenters. The first kappa shape index (κ1) is 16.3. The molecule has 2 heterocycles. The minimum absolute atomic E-state index is 0.197. The van der Waals surface area contributed by atoms with Crippen molar-refractivity contribution in [2.24, 2.45) is 5.92 Å². The van der Waals surface area contributed by atoms with E-state index < -0.39 is 11.7 Å². The summed E-state index contributed by atoms with van der Waals surface area (Å²) < 4.78 is 5.56. The molecular formula is C19H27NO3. The van der Waals surface area contributed by atoms with Gasteiger partial charge >= 0.3 is 6.09 Å². The SMILES string of the molecule is CC(C)(C)OC(=O)N1C2CCC1CC(C(O)c1ccccc1)C2. The van der Waals surface area contributed by atoms with Gasteiger partial charge in [0.05, 0.1) is 6.10 Å². The standard InChI is InChI=1S/C19H27NO3/c1-19(2,3)23-18(22)20-15-9-10-16(20)12-14(11-15)17(21)13-7-5-4-6-8-13/h4-8,14-17,21H,9-12H2,1-3H3. The summed E-state index contributed by atoms with van der Waals surface area (Å²) in [6, 6.07) is 10.2. The molecule has 2 saturated heterocycles. The Bertz CT molecular complexity index is 537. The van der Waals surface area contributed by atoms with Crippen LogP contribution in [0.2, 0.25) is 0 Å². The average Bonchev–Trinajstić information content (AvgIpc) is 2.76. The number of amides is 1. The highest BCUT2D eigenvalue weighted by atomic mass is 16.6. The van der Waals surface area contributed by atoms with E-state index in [1.165, 1.54) is 0 Å². The van der Waals surface area contributed by atoms with Crippen LogP contribution in [0, 0.1) is 5.92 Å². The van der Waals surface area contributed by atoms with E-state index in [1.807, 2.05) is 56.0 Å². The summed E-state index contributed by atoms with van der Waals surface area (Å²) in [5.41, 5.74) is 0.513. The van der Waals surface area contributed by atoms with Gasteiger partial charge in [-0.2, -0.15) is 0 Å². The maximum absolute atomic E-state index is 12.5. The number of benzene rings is 1. The van der Waals surface area contributed by atoms with Crippen LogP contribution in [0.25, 0.3) is 0 Å². The predicted molar refractivity (Wildman–Crippen MR) is 89.0 cm³/mol. The third-order valence-corrected chi connectivity index (χ3v) is 4.96. The van der Waals surface area contributed by atoms with E-state index in [0.29, 0.717) is 0 Å². The second-order valence-electron chi connectivity index (χ2n) is 7.86. The molecule has 1 aromatic rings. The Balaban J connectivity index is 1.68. The van der Waals surface area contributed by atoms with Crippen molar-refractivity contribution in [2.45, 2.75) is 70.2 Å². The number of hydrogen-bond acceptors (Lipinski definition) is 3. The topological polar surface area (TPSA) is 49.8 Å². The highest BCUT2D eigenvalue weighted by molar-refractivity contribution is 5.69. The van der Waals surface area contributed by atoms with E-state index in [9.17, 15) is 9.90 Å². The zero-order valence-corrected chi connectivity index (χ0v) is 14.2.